The molecule has 3 aromatic rings. The number of fused-ring (bicyclic) bond motifs is 1. The third-order valence-corrected chi connectivity index (χ3v) is 5.89. The molecule has 5 heteroatoms. The molecule has 1 fully saturated rings. The highest BCUT2D eigenvalue weighted by Crippen LogP contribution is 2.36. The number of nitrogens with zero attached hydrogens (tertiary/aromatic N) is 3. The van der Waals surface area contributed by atoms with Crippen LogP contribution in [0.5, 0.6) is 0 Å². The Bertz CT molecular complexity index is 1020. The predicted molar refractivity (Wildman–Crippen MR) is 107 cm³/mol. The van der Waals surface area contributed by atoms with E-state index in [4.69, 9.17) is 4.52 Å². The fraction of sp³-hybridized carbons (Fsp3) is 0.348. The van der Waals surface area contributed by atoms with Gasteiger partial charge in [0, 0.05) is 30.1 Å². The molecule has 0 bridgehead atoms. The Kier molecular flexibility index (Phi) is 4.23. The van der Waals surface area contributed by atoms with E-state index in [0.717, 1.165) is 24.1 Å². The van der Waals surface area contributed by atoms with Crippen molar-refractivity contribution in [2.75, 3.05) is 11.4 Å². The van der Waals surface area contributed by atoms with Gasteiger partial charge in [-0.3, -0.25) is 4.79 Å². The zero-order chi connectivity index (χ0) is 19.1. The Morgan fingerprint density at radius 2 is 1.89 bits per heavy atom. The summed E-state index contributed by atoms with van der Waals surface area (Å²) in [5.74, 6) is 1.25. The van der Waals surface area contributed by atoms with Crippen LogP contribution in [-0.4, -0.2) is 22.6 Å². The van der Waals surface area contributed by atoms with Gasteiger partial charge in [0.2, 0.25) is 5.91 Å². The minimum atomic E-state index is -0.0325. The second-order valence-electron chi connectivity index (χ2n) is 7.85. The van der Waals surface area contributed by atoms with E-state index in [0.29, 0.717) is 24.7 Å². The third kappa shape index (κ3) is 3.01. The number of aryl methyl sites for hydroxylation is 2. The van der Waals surface area contributed by atoms with Crippen molar-refractivity contribution >= 4 is 11.6 Å². The zero-order valence-electron chi connectivity index (χ0n) is 16.0. The van der Waals surface area contributed by atoms with Crippen molar-refractivity contribution in [1.29, 1.82) is 0 Å². The number of amides is 1. The van der Waals surface area contributed by atoms with Crippen LogP contribution in [-0.2, 0) is 17.6 Å². The topological polar surface area (TPSA) is 59.2 Å². The average molecular weight is 373 g/mol. The van der Waals surface area contributed by atoms with Gasteiger partial charge >= 0.3 is 0 Å². The van der Waals surface area contributed by atoms with E-state index in [9.17, 15) is 4.79 Å². The summed E-state index contributed by atoms with van der Waals surface area (Å²) in [6, 6.07) is 14.4. The van der Waals surface area contributed by atoms with E-state index in [1.165, 1.54) is 29.5 Å². The molecular formula is C23H23N3O2. The van der Waals surface area contributed by atoms with Gasteiger partial charge in [-0.15, -0.1) is 0 Å². The fourth-order valence-electron chi connectivity index (χ4n) is 4.34. The lowest BCUT2D eigenvalue weighted by molar-refractivity contribution is -0.117. The minimum Gasteiger partial charge on any atom is -0.334 e. The van der Waals surface area contributed by atoms with Crippen LogP contribution >= 0.6 is 0 Å². The van der Waals surface area contributed by atoms with Gasteiger partial charge in [0.05, 0.1) is 0 Å². The van der Waals surface area contributed by atoms with Crippen molar-refractivity contribution < 1.29 is 9.32 Å². The second kappa shape index (κ2) is 6.89. The van der Waals surface area contributed by atoms with Crippen molar-refractivity contribution in [2.45, 2.75) is 44.9 Å². The Labute approximate surface area is 164 Å². The van der Waals surface area contributed by atoms with Crippen LogP contribution in [0.4, 0.5) is 5.69 Å². The van der Waals surface area contributed by atoms with E-state index in [2.05, 4.69) is 28.3 Å². The highest BCUT2D eigenvalue weighted by atomic mass is 16.5. The molecule has 2 aliphatic rings. The Balaban J connectivity index is 1.40. The fourth-order valence-corrected chi connectivity index (χ4v) is 4.34. The molecule has 0 N–H and O–H groups in total. The van der Waals surface area contributed by atoms with Crippen molar-refractivity contribution in [3.8, 4) is 11.5 Å². The molecule has 0 saturated carbocycles. The molecule has 0 spiro atoms. The molecule has 1 aliphatic heterocycles. The van der Waals surface area contributed by atoms with Crippen LogP contribution in [0.15, 0.2) is 47.0 Å². The largest absolute Gasteiger partial charge is 0.334 e. The number of anilines is 1. The quantitative estimate of drug-likeness (QED) is 0.681. The van der Waals surface area contributed by atoms with Crippen LogP contribution in [0.1, 0.15) is 47.7 Å². The smallest absolute Gasteiger partial charge is 0.257 e. The lowest BCUT2D eigenvalue weighted by Crippen LogP contribution is -2.26. The molecule has 1 aliphatic carbocycles. The number of hydrogen-bond donors (Lipinski definition) is 0. The van der Waals surface area contributed by atoms with E-state index in [1.807, 2.05) is 36.1 Å². The van der Waals surface area contributed by atoms with E-state index >= 15 is 0 Å². The molecule has 2 heterocycles. The maximum absolute atomic E-state index is 12.8. The normalized spacial score (nSPS) is 19.1. The average Bonchev–Trinajstić information content (AvgIpc) is 3.35. The molecule has 142 valence electrons. The first kappa shape index (κ1) is 17.2. The molecule has 5 rings (SSSR count). The van der Waals surface area contributed by atoms with Gasteiger partial charge in [-0.05, 0) is 61.9 Å². The maximum atomic E-state index is 12.8. The second-order valence-corrected chi connectivity index (χ2v) is 7.85. The molecule has 28 heavy (non-hydrogen) atoms. The molecule has 1 unspecified atom stereocenters. The minimum absolute atomic E-state index is 0.0325. The van der Waals surface area contributed by atoms with Gasteiger partial charge in [-0.2, -0.15) is 4.98 Å². The first-order valence-corrected chi connectivity index (χ1v) is 10.0. The first-order chi connectivity index (χ1) is 13.7. The van der Waals surface area contributed by atoms with E-state index < -0.39 is 0 Å². The van der Waals surface area contributed by atoms with Gasteiger partial charge < -0.3 is 9.42 Å². The number of benzene rings is 2. The van der Waals surface area contributed by atoms with Crippen molar-refractivity contribution in [1.82, 2.24) is 10.1 Å². The highest BCUT2D eigenvalue weighted by molar-refractivity contribution is 5.97. The van der Waals surface area contributed by atoms with Crippen LogP contribution < -0.4 is 4.90 Å². The van der Waals surface area contributed by atoms with E-state index in [-0.39, 0.29) is 11.8 Å². The van der Waals surface area contributed by atoms with Crippen LogP contribution in [0, 0.1) is 6.92 Å². The zero-order valence-corrected chi connectivity index (χ0v) is 16.0. The molecule has 1 aromatic heterocycles. The Morgan fingerprint density at radius 1 is 1.07 bits per heavy atom. The van der Waals surface area contributed by atoms with Crippen LogP contribution in [0.25, 0.3) is 11.5 Å². The molecule has 1 amide bonds. The number of aromatic nitrogens is 2. The number of carbonyl (C=O) groups excluding carboxylic acids is 1. The Morgan fingerprint density at radius 3 is 2.75 bits per heavy atom. The summed E-state index contributed by atoms with van der Waals surface area (Å²) in [5, 5.41) is 4.18. The molecule has 2 aromatic carbocycles. The van der Waals surface area contributed by atoms with Gasteiger partial charge in [0.15, 0.2) is 5.82 Å². The van der Waals surface area contributed by atoms with Gasteiger partial charge in [0.25, 0.3) is 5.89 Å². The van der Waals surface area contributed by atoms with Crippen molar-refractivity contribution in [3.63, 3.8) is 0 Å². The summed E-state index contributed by atoms with van der Waals surface area (Å²) in [4.78, 5) is 19.3. The summed E-state index contributed by atoms with van der Waals surface area (Å²) in [6.07, 6.45) is 5.02. The molecular weight excluding hydrogens is 350 g/mol. The summed E-state index contributed by atoms with van der Waals surface area (Å²) in [5.41, 5.74) is 5.90. The van der Waals surface area contributed by atoms with Gasteiger partial charge in [-0.25, -0.2) is 0 Å². The monoisotopic (exact) mass is 373 g/mol. The van der Waals surface area contributed by atoms with Gasteiger partial charge in [0.1, 0.15) is 0 Å². The number of hydrogen-bond acceptors (Lipinski definition) is 4. The SMILES string of the molecule is Cc1ccc(-c2nc(C3CC(=O)N(c4cccc5c4CCCC5)C3)no2)cc1. The molecule has 1 saturated heterocycles. The predicted octanol–water partition coefficient (Wildman–Crippen LogP) is 4.44. The summed E-state index contributed by atoms with van der Waals surface area (Å²) in [7, 11) is 0. The van der Waals surface area contributed by atoms with Crippen LogP contribution in [0.3, 0.4) is 0 Å². The molecule has 0 radical (unpaired) electrons. The maximum Gasteiger partial charge on any atom is 0.257 e. The van der Waals surface area contributed by atoms with Gasteiger partial charge in [-0.1, -0.05) is 35.0 Å². The van der Waals surface area contributed by atoms with Crippen LogP contribution in [0.2, 0.25) is 0 Å². The Hall–Kier alpha value is -2.95. The summed E-state index contributed by atoms with van der Waals surface area (Å²) >= 11 is 0. The highest BCUT2D eigenvalue weighted by Gasteiger charge is 2.36. The molecule has 1 atom stereocenters. The lowest BCUT2D eigenvalue weighted by atomic mass is 9.90. The summed E-state index contributed by atoms with van der Waals surface area (Å²) < 4.78 is 5.48. The lowest BCUT2D eigenvalue weighted by Gasteiger charge is -2.25. The first-order valence-electron chi connectivity index (χ1n) is 10.0. The standard InChI is InChI=1S/C23H23N3O2/c1-15-9-11-17(12-10-15)23-24-22(25-28-23)18-13-21(27)26(14-18)20-8-4-6-16-5-2-3-7-19(16)20/h4,6,8-12,18H,2-3,5,7,13-14H2,1H3. The van der Waals surface area contributed by atoms with Crippen molar-refractivity contribution in [2.24, 2.45) is 0 Å². The number of carbonyl (C=O) groups is 1. The van der Waals surface area contributed by atoms with E-state index in [1.54, 1.807) is 0 Å². The van der Waals surface area contributed by atoms with Crippen molar-refractivity contribution in [3.05, 3.63) is 65.0 Å². The number of rotatable bonds is 3. The summed E-state index contributed by atoms with van der Waals surface area (Å²) in [6.45, 7) is 2.66. The molecule has 5 nitrogen and oxygen atoms in total. The third-order valence-electron chi connectivity index (χ3n) is 5.89.